The maximum atomic E-state index is 12.4. The van der Waals surface area contributed by atoms with Crippen LogP contribution >= 0.6 is 11.6 Å². The number of carbonyl (C=O) groups excluding carboxylic acids is 1. The molecular weight excluding hydrogens is 354 g/mol. The van der Waals surface area contributed by atoms with Crippen LogP contribution in [-0.4, -0.2) is 22.5 Å². The number of nitrogens with zero attached hydrogens (tertiary/aromatic N) is 2. The molecule has 2 aromatic carbocycles. The Balaban J connectivity index is 1.48. The van der Waals surface area contributed by atoms with Crippen molar-refractivity contribution in [2.24, 2.45) is 0 Å². The zero-order valence-electron chi connectivity index (χ0n) is 14.0. The van der Waals surface area contributed by atoms with E-state index in [1.165, 1.54) is 0 Å². The molecule has 0 radical (unpaired) electrons. The van der Waals surface area contributed by atoms with E-state index in [0.717, 1.165) is 22.7 Å². The van der Waals surface area contributed by atoms with Gasteiger partial charge >= 0.3 is 0 Å². The van der Waals surface area contributed by atoms with Crippen molar-refractivity contribution in [1.82, 2.24) is 15.1 Å². The molecule has 3 aromatic rings. The molecule has 1 aromatic heterocycles. The molecular formula is C19H16ClN3O3. The van der Waals surface area contributed by atoms with Crippen LogP contribution in [0.4, 0.5) is 0 Å². The quantitative estimate of drug-likeness (QED) is 0.764. The Morgan fingerprint density at radius 2 is 2.04 bits per heavy atom. The molecule has 0 aliphatic carbocycles. The number of aromatic nitrogens is 2. The zero-order chi connectivity index (χ0) is 18.1. The highest BCUT2D eigenvalue weighted by molar-refractivity contribution is 6.30. The zero-order valence-corrected chi connectivity index (χ0v) is 14.8. The van der Waals surface area contributed by atoms with Crippen LogP contribution in [0.5, 0.6) is 11.5 Å². The number of ether oxygens (including phenoxy) is 2. The largest absolute Gasteiger partial charge is 0.454 e. The van der Waals surface area contributed by atoms with E-state index in [1.54, 1.807) is 22.9 Å². The van der Waals surface area contributed by atoms with Crippen LogP contribution in [0.3, 0.4) is 0 Å². The monoisotopic (exact) mass is 369 g/mol. The molecule has 0 spiro atoms. The third kappa shape index (κ3) is 3.23. The topological polar surface area (TPSA) is 65.4 Å². The summed E-state index contributed by atoms with van der Waals surface area (Å²) in [5.41, 5.74) is 2.93. The van der Waals surface area contributed by atoms with E-state index < -0.39 is 0 Å². The number of amides is 1. The third-order valence-electron chi connectivity index (χ3n) is 4.06. The van der Waals surface area contributed by atoms with Crippen LogP contribution in [0, 0.1) is 6.92 Å². The van der Waals surface area contributed by atoms with E-state index in [1.807, 2.05) is 37.3 Å². The van der Waals surface area contributed by atoms with Gasteiger partial charge in [-0.1, -0.05) is 23.7 Å². The molecule has 1 aliphatic heterocycles. The van der Waals surface area contributed by atoms with Crippen molar-refractivity contribution in [1.29, 1.82) is 0 Å². The molecule has 1 amide bonds. The molecule has 0 bridgehead atoms. The lowest BCUT2D eigenvalue weighted by molar-refractivity contribution is 0.0945. The van der Waals surface area contributed by atoms with Crippen molar-refractivity contribution >= 4 is 17.5 Å². The molecule has 4 rings (SSSR count). The van der Waals surface area contributed by atoms with Gasteiger partial charge in [0.25, 0.3) is 5.91 Å². The molecule has 132 valence electrons. The van der Waals surface area contributed by atoms with Crippen molar-refractivity contribution in [3.63, 3.8) is 0 Å². The van der Waals surface area contributed by atoms with Crippen molar-refractivity contribution < 1.29 is 14.3 Å². The number of benzene rings is 2. The van der Waals surface area contributed by atoms with Gasteiger partial charge in [-0.3, -0.25) is 4.79 Å². The van der Waals surface area contributed by atoms with Gasteiger partial charge in [-0.05, 0) is 48.9 Å². The van der Waals surface area contributed by atoms with Crippen LogP contribution in [0.25, 0.3) is 5.69 Å². The third-order valence-corrected chi connectivity index (χ3v) is 4.30. The van der Waals surface area contributed by atoms with E-state index >= 15 is 0 Å². The fourth-order valence-corrected chi connectivity index (χ4v) is 2.96. The molecule has 0 saturated heterocycles. The van der Waals surface area contributed by atoms with Gasteiger partial charge in [0, 0.05) is 17.3 Å². The summed E-state index contributed by atoms with van der Waals surface area (Å²) in [6.07, 6.45) is 0. The van der Waals surface area contributed by atoms with Gasteiger partial charge in [0.15, 0.2) is 17.2 Å². The van der Waals surface area contributed by atoms with Gasteiger partial charge in [-0.15, -0.1) is 0 Å². The molecule has 1 aliphatic rings. The molecule has 2 heterocycles. The van der Waals surface area contributed by atoms with Crippen molar-refractivity contribution in [3.8, 4) is 17.2 Å². The predicted molar refractivity (Wildman–Crippen MR) is 97.0 cm³/mol. The number of rotatable bonds is 4. The maximum absolute atomic E-state index is 12.4. The second-order valence-electron chi connectivity index (χ2n) is 5.93. The van der Waals surface area contributed by atoms with E-state index in [-0.39, 0.29) is 12.7 Å². The van der Waals surface area contributed by atoms with Crippen LogP contribution in [0.1, 0.15) is 21.7 Å². The number of aryl methyl sites for hydroxylation is 1. The Hall–Kier alpha value is -2.99. The summed E-state index contributed by atoms with van der Waals surface area (Å²) >= 11 is 6.03. The maximum Gasteiger partial charge on any atom is 0.272 e. The minimum Gasteiger partial charge on any atom is -0.454 e. The molecule has 7 heteroatoms. The van der Waals surface area contributed by atoms with Crippen molar-refractivity contribution in [2.45, 2.75) is 13.5 Å². The van der Waals surface area contributed by atoms with Gasteiger partial charge in [-0.2, -0.15) is 5.10 Å². The Labute approximate surface area is 155 Å². The van der Waals surface area contributed by atoms with Gasteiger partial charge in [0.05, 0.1) is 5.69 Å². The summed E-state index contributed by atoms with van der Waals surface area (Å²) in [5.74, 6) is 1.17. The lowest BCUT2D eigenvalue weighted by atomic mass is 10.2. The summed E-state index contributed by atoms with van der Waals surface area (Å²) in [6.45, 7) is 2.49. The van der Waals surface area contributed by atoms with Crippen LogP contribution in [0.15, 0.2) is 48.5 Å². The SMILES string of the molecule is Cc1cc(C(=O)NCc2ccc3c(c2)OCO3)nn1-c1cccc(Cl)c1. The Morgan fingerprint density at radius 1 is 1.19 bits per heavy atom. The molecule has 0 saturated carbocycles. The second kappa shape index (κ2) is 6.72. The van der Waals surface area contributed by atoms with Crippen molar-refractivity contribution in [3.05, 3.63) is 70.5 Å². The Bertz CT molecular complexity index is 984. The van der Waals surface area contributed by atoms with E-state index in [4.69, 9.17) is 21.1 Å². The van der Waals surface area contributed by atoms with Gasteiger partial charge < -0.3 is 14.8 Å². The first-order chi connectivity index (χ1) is 12.6. The molecule has 1 N–H and O–H groups in total. The smallest absolute Gasteiger partial charge is 0.272 e. The molecule has 0 atom stereocenters. The van der Waals surface area contributed by atoms with Crippen molar-refractivity contribution in [2.75, 3.05) is 6.79 Å². The van der Waals surface area contributed by atoms with E-state index in [2.05, 4.69) is 10.4 Å². The fourth-order valence-electron chi connectivity index (χ4n) is 2.78. The Morgan fingerprint density at radius 3 is 2.88 bits per heavy atom. The summed E-state index contributed by atoms with van der Waals surface area (Å²) in [4.78, 5) is 12.4. The number of halogens is 1. The van der Waals surface area contributed by atoms with E-state index in [0.29, 0.717) is 23.0 Å². The highest BCUT2D eigenvalue weighted by Gasteiger charge is 2.15. The summed E-state index contributed by atoms with van der Waals surface area (Å²) in [6, 6.07) is 14.7. The van der Waals surface area contributed by atoms with Gasteiger partial charge in [-0.25, -0.2) is 4.68 Å². The number of carbonyl (C=O) groups is 1. The highest BCUT2D eigenvalue weighted by atomic mass is 35.5. The molecule has 26 heavy (non-hydrogen) atoms. The van der Waals surface area contributed by atoms with Crippen LogP contribution < -0.4 is 14.8 Å². The Kier molecular flexibility index (Phi) is 4.26. The van der Waals surface area contributed by atoms with Gasteiger partial charge in [0.1, 0.15) is 0 Å². The standard InChI is InChI=1S/C19H16ClN3O3/c1-12-7-16(22-23(12)15-4-2-3-14(20)9-15)19(24)21-10-13-5-6-17-18(8-13)26-11-25-17/h2-9H,10-11H2,1H3,(H,21,24). The highest BCUT2D eigenvalue weighted by Crippen LogP contribution is 2.32. The fraction of sp³-hybridized carbons (Fsp3) is 0.158. The minimum atomic E-state index is -0.244. The first kappa shape index (κ1) is 16.5. The van der Waals surface area contributed by atoms with Crippen LogP contribution in [-0.2, 0) is 6.54 Å². The normalized spacial score (nSPS) is 12.2. The summed E-state index contributed by atoms with van der Waals surface area (Å²) in [5, 5.41) is 7.88. The molecule has 0 fully saturated rings. The first-order valence-corrected chi connectivity index (χ1v) is 8.47. The lowest BCUT2D eigenvalue weighted by Crippen LogP contribution is -2.23. The molecule has 0 unspecified atom stereocenters. The number of fused-ring (bicyclic) bond motifs is 1. The lowest BCUT2D eigenvalue weighted by Gasteiger charge is -2.05. The minimum absolute atomic E-state index is 0.228. The average Bonchev–Trinajstić information content (AvgIpc) is 3.25. The average molecular weight is 370 g/mol. The second-order valence-corrected chi connectivity index (χ2v) is 6.37. The number of nitrogens with one attached hydrogen (secondary N) is 1. The number of hydrogen-bond donors (Lipinski definition) is 1. The summed E-state index contributed by atoms with van der Waals surface area (Å²) in [7, 11) is 0. The summed E-state index contributed by atoms with van der Waals surface area (Å²) < 4.78 is 12.3. The predicted octanol–water partition coefficient (Wildman–Crippen LogP) is 3.49. The van der Waals surface area contributed by atoms with Crippen LogP contribution in [0.2, 0.25) is 5.02 Å². The molecule has 6 nitrogen and oxygen atoms in total. The number of hydrogen-bond acceptors (Lipinski definition) is 4. The van der Waals surface area contributed by atoms with E-state index in [9.17, 15) is 4.79 Å². The van der Waals surface area contributed by atoms with Gasteiger partial charge in [0.2, 0.25) is 6.79 Å². The first-order valence-electron chi connectivity index (χ1n) is 8.09.